The van der Waals surface area contributed by atoms with Crippen molar-refractivity contribution in [1.82, 2.24) is 9.97 Å². The van der Waals surface area contributed by atoms with Gasteiger partial charge in [0.15, 0.2) is 0 Å². The Hall–Kier alpha value is -2.26. The van der Waals surface area contributed by atoms with Gasteiger partial charge in [-0.2, -0.15) is 9.65 Å². The normalized spacial score (nSPS) is 10.2. The first-order chi connectivity index (χ1) is 9.01. The lowest BCUT2D eigenvalue weighted by molar-refractivity contribution is 0.582. The molecule has 0 radical (unpaired) electrons. The summed E-state index contributed by atoms with van der Waals surface area (Å²) in [6.45, 7) is 0. The first kappa shape index (κ1) is 13.2. The highest BCUT2D eigenvalue weighted by atomic mass is 35.5. The van der Waals surface area contributed by atoms with Gasteiger partial charge < -0.3 is 0 Å². The molecule has 4 nitrogen and oxygen atoms in total. The minimum absolute atomic E-state index is 0.0533. The van der Waals surface area contributed by atoms with Gasteiger partial charge in [0, 0.05) is 6.42 Å². The van der Waals surface area contributed by atoms with Crippen LogP contribution in [0.25, 0.3) is 0 Å². The number of hydrogen-bond donors (Lipinski definition) is 1. The second-order valence-corrected chi connectivity index (χ2v) is 4.07. The van der Waals surface area contributed by atoms with E-state index in [1.54, 1.807) is 6.07 Å². The summed E-state index contributed by atoms with van der Waals surface area (Å²) in [5.41, 5.74) is -0.776. The monoisotopic (exact) mass is 281 g/mol. The second-order valence-electron chi connectivity index (χ2n) is 3.71. The average molecular weight is 282 g/mol. The topological polar surface area (TPSA) is 69.5 Å². The van der Waals surface area contributed by atoms with Gasteiger partial charge in [0.25, 0.3) is 5.56 Å². The van der Waals surface area contributed by atoms with Gasteiger partial charge in [-0.3, -0.25) is 9.78 Å². The van der Waals surface area contributed by atoms with Gasteiger partial charge in [-0.1, -0.05) is 6.07 Å². The van der Waals surface area contributed by atoms with Gasteiger partial charge >= 0.3 is 0 Å². The average Bonchev–Trinajstić information content (AvgIpc) is 2.37. The highest BCUT2D eigenvalue weighted by Gasteiger charge is 2.13. The van der Waals surface area contributed by atoms with Crippen LogP contribution in [0.1, 0.15) is 16.8 Å². The molecule has 0 fully saturated rings. The van der Waals surface area contributed by atoms with Crippen LogP contribution in [0.15, 0.2) is 23.0 Å². The van der Waals surface area contributed by atoms with E-state index in [1.165, 1.54) is 6.07 Å². The van der Waals surface area contributed by atoms with E-state index in [0.29, 0.717) is 5.56 Å². The summed E-state index contributed by atoms with van der Waals surface area (Å²) in [5, 5.41) is 8.63. The van der Waals surface area contributed by atoms with Crippen LogP contribution in [0, 0.1) is 23.0 Å². The molecule has 1 aromatic heterocycles. The van der Waals surface area contributed by atoms with Crippen molar-refractivity contribution in [2.75, 3.05) is 0 Å². The van der Waals surface area contributed by atoms with E-state index in [0.717, 1.165) is 12.1 Å². The van der Waals surface area contributed by atoms with Crippen LogP contribution in [0.3, 0.4) is 0 Å². The fourth-order valence-electron chi connectivity index (χ4n) is 1.58. The first-order valence-electron chi connectivity index (χ1n) is 5.14. The molecular weight excluding hydrogens is 276 g/mol. The van der Waals surface area contributed by atoms with Crippen LogP contribution in [-0.2, 0) is 6.42 Å². The number of nitriles is 1. The zero-order valence-electron chi connectivity index (χ0n) is 9.38. The number of halogens is 3. The fourth-order valence-corrected chi connectivity index (χ4v) is 1.77. The van der Waals surface area contributed by atoms with Crippen molar-refractivity contribution >= 4 is 11.6 Å². The highest BCUT2D eigenvalue weighted by molar-refractivity contribution is 6.28. The Kier molecular flexibility index (Phi) is 3.58. The Morgan fingerprint density at radius 1 is 1.42 bits per heavy atom. The molecular formula is C12H6ClF2N3O. The van der Waals surface area contributed by atoms with E-state index >= 15 is 0 Å². The smallest absolute Gasteiger partial charge is 0.288 e. The summed E-state index contributed by atoms with van der Waals surface area (Å²) in [6, 6.07) is 5.31. The van der Waals surface area contributed by atoms with Crippen LogP contribution in [0.4, 0.5) is 8.78 Å². The van der Waals surface area contributed by atoms with E-state index in [-0.39, 0.29) is 23.0 Å². The number of benzene rings is 1. The van der Waals surface area contributed by atoms with Gasteiger partial charge in [0.2, 0.25) is 11.1 Å². The Bertz CT molecular complexity index is 737. The van der Waals surface area contributed by atoms with Crippen molar-refractivity contribution in [2.24, 2.45) is 0 Å². The summed E-state index contributed by atoms with van der Waals surface area (Å²) in [5.74, 6) is -1.64. The lowest BCUT2D eigenvalue weighted by atomic mass is 10.0. The number of aromatic amines is 1. The van der Waals surface area contributed by atoms with Gasteiger partial charge in [-0.25, -0.2) is 9.37 Å². The molecule has 1 heterocycles. The van der Waals surface area contributed by atoms with E-state index in [2.05, 4.69) is 4.98 Å². The molecule has 0 spiro atoms. The number of rotatable bonds is 2. The van der Waals surface area contributed by atoms with Crippen molar-refractivity contribution < 1.29 is 8.78 Å². The molecule has 1 N–H and O–H groups in total. The molecule has 0 aliphatic carbocycles. The minimum atomic E-state index is -1.07. The lowest BCUT2D eigenvalue weighted by Gasteiger charge is -2.05. The van der Waals surface area contributed by atoms with Crippen molar-refractivity contribution in [1.29, 1.82) is 5.26 Å². The van der Waals surface area contributed by atoms with Gasteiger partial charge in [-0.15, -0.1) is 0 Å². The molecule has 96 valence electrons. The number of H-pyrrole nitrogens is 1. The molecule has 0 aliphatic rings. The third kappa shape index (κ3) is 2.77. The molecule has 0 unspecified atom stereocenters. The maximum absolute atomic E-state index is 13.6. The quantitative estimate of drug-likeness (QED) is 0.858. The van der Waals surface area contributed by atoms with Crippen molar-refractivity contribution in [3.63, 3.8) is 0 Å². The zero-order valence-corrected chi connectivity index (χ0v) is 10.1. The van der Waals surface area contributed by atoms with E-state index < -0.39 is 17.2 Å². The first-order valence-corrected chi connectivity index (χ1v) is 5.51. The van der Waals surface area contributed by atoms with Crippen molar-refractivity contribution in [3.05, 3.63) is 62.3 Å². The van der Waals surface area contributed by atoms with Crippen molar-refractivity contribution in [3.8, 4) is 6.07 Å². The van der Waals surface area contributed by atoms with E-state index in [1.807, 2.05) is 4.98 Å². The number of nitrogens with zero attached hydrogens (tertiary/aromatic N) is 2. The second kappa shape index (κ2) is 5.16. The summed E-state index contributed by atoms with van der Waals surface area (Å²) < 4.78 is 26.5. The molecule has 1 aromatic carbocycles. The standard InChI is InChI=1S/C12H6ClF2N3O/c13-12-17-9(10(15)11(19)18-12)4-6-1-2-8(14)3-7(6)5-16/h1-3H,4H2,(H,17,18,19). The summed E-state index contributed by atoms with van der Waals surface area (Å²) in [7, 11) is 0. The Balaban J connectivity index is 2.48. The zero-order chi connectivity index (χ0) is 14.0. The van der Waals surface area contributed by atoms with Gasteiger partial charge in [-0.05, 0) is 29.3 Å². The lowest BCUT2D eigenvalue weighted by Crippen LogP contribution is -2.16. The molecule has 0 aliphatic heterocycles. The summed E-state index contributed by atoms with van der Waals surface area (Å²) in [6.07, 6.45) is -0.126. The molecule has 2 rings (SSSR count). The summed E-state index contributed by atoms with van der Waals surface area (Å²) >= 11 is 5.53. The molecule has 19 heavy (non-hydrogen) atoms. The summed E-state index contributed by atoms with van der Waals surface area (Å²) in [4.78, 5) is 16.8. The van der Waals surface area contributed by atoms with E-state index in [9.17, 15) is 13.6 Å². The Morgan fingerprint density at radius 2 is 2.16 bits per heavy atom. The molecule has 0 amide bonds. The number of aromatic nitrogens is 2. The SMILES string of the molecule is N#Cc1cc(F)ccc1Cc1nc(Cl)[nH]c(=O)c1F. The molecule has 0 saturated carbocycles. The molecule has 0 bridgehead atoms. The third-order valence-electron chi connectivity index (χ3n) is 2.45. The molecule has 2 aromatic rings. The predicted molar refractivity (Wildman–Crippen MR) is 63.7 cm³/mol. The maximum atomic E-state index is 13.6. The van der Waals surface area contributed by atoms with E-state index in [4.69, 9.17) is 16.9 Å². The van der Waals surface area contributed by atoms with Crippen LogP contribution >= 0.6 is 11.6 Å². The largest absolute Gasteiger partial charge is 0.295 e. The highest BCUT2D eigenvalue weighted by Crippen LogP contribution is 2.15. The van der Waals surface area contributed by atoms with Crippen LogP contribution in [-0.4, -0.2) is 9.97 Å². The maximum Gasteiger partial charge on any atom is 0.288 e. The fraction of sp³-hybridized carbons (Fsp3) is 0.0833. The van der Waals surface area contributed by atoms with Gasteiger partial charge in [0.05, 0.1) is 17.3 Å². The third-order valence-corrected chi connectivity index (χ3v) is 2.63. The van der Waals surface area contributed by atoms with Crippen LogP contribution in [0.2, 0.25) is 5.28 Å². The van der Waals surface area contributed by atoms with Crippen LogP contribution in [0.5, 0.6) is 0 Å². The molecule has 0 atom stereocenters. The number of hydrogen-bond acceptors (Lipinski definition) is 3. The van der Waals surface area contributed by atoms with Crippen LogP contribution < -0.4 is 5.56 Å². The molecule has 7 heteroatoms. The Labute approximate surface area is 111 Å². The Morgan fingerprint density at radius 3 is 2.84 bits per heavy atom. The number of nitrogens with one attached hydrogen (secondary N) is 1. The molecule has 0 saturated heterocycles. The van der Waals surface area contributed by atoms with Gasteiger partial charge in [0.1, 0.15) is 5.82 Å². The minimum Gasteiger partial charge on any atom is -0.295 e. The van der Waals surface area contributed by atoms with Crippen molar-refractivity contribution in [2.45, 2.75) is 6.42 Å². The predicted octanol–water partition coefficient (Wildman–Crippen LogP) is 2.16.